The van der Waals surface area contributed by atoms with Gasteiger partial charge in [0, 0.05) is 16.8 Å². The molecule has 0 spiro atoms. The van der Waals surface area contributed by atoms with Crippen LogP contribution in [0.3, 0.4) is 0 Å². The summed E-state index contributed by atoms with van der Waals surface area (Å²) in [4.78, 5) is 4.34. The highest BCUT2D eigenvalue weighted by molar-refractivity contribution is 6.30. The van der Waals surface area contributed by atoms with Crippen LogP contribution in [0, 0.1) is 13.8 Å². The average Bonchev–Trinajstić information content (AvgIpc) is 2.31. The van der Waals surface area contributed by atoms with Crippen molar-refractivity contribution in [3.63, 3.8) is 0 Å². The van der Waals surface area contributed by atoms with Crippen LogP contribution < -0.4 is 4.74 Å². The number of hydrogen-bond donors (Lipinski definition) is 0. The Balaban J connectivity index is 2.56. The van der Waals surface area contributed by atoms with Gasteiger partial charge in [-0.2, -0.15) is 0 Å². The second-order valence-electron chi connectivity index (χ2n) is 4.00. The molecule has 0 N–H and O–H groups in total. The first kappa shape index (κ1) is 11.9. The van der Waals surface area contributed by atoms with E-state index in [-0.39, 0.29) is 0 Å². The average molecular weight is 248 g/mol. The molecule has 0 aliphatic carbocycles. The number of aryl methyl sites for hydroxylation is 2. The lowest BCUT2D eigenvalue weighted by atomic mass is 10.0. The lowest BCUT2D eigenvalue weighted by Gasteiger charge is -2.11. The summed E-state index contributed by atoms with van der Waals surface area (Å²) in [5, 5.41) is 0.697. The van der Waals surface area contributed by atoms with Gasteiger partial charge in [-0.25, -0.2) is 0 Å². The zero-order valence-electron chi connectivity index (χ0n) is 10.1. The molecule has 2 nitrogen and oxygen atoms in total. The molecule has 0 atom stereocenters. The van der Waals surface area contributed by atoms with E-state index < -0.39 is 0 Å². The standard InChI is InChI=1S/C14H14ClNO/c1-9-7-14(17-3)10(2)6-12(9)13-8-11(15)4-5-16-13/h4-8H,1-3H3. The maximum atomic E-state index is 5.98. The molecule has 0 saturated heterocycles. The molecule has 0 amide bonds. The Morgan fingerprint density at radius 2 is 1.88 bits per heavy atom. The minimum atomic E-state index is 0.697. The molecular weight excluding hydrogens is 234 g/mol. The van der Waals surface area contributed by atoms with Gasteiger partial charge in [0.25, 0.3) is 0 Å². The van der Waals surface area contributed by atoms with Crippen LogP contribution in [0.15, 0.2) is 30.5 Å². The van der Waals surface area contributed by atoms with Gasteiger partial charge in [-0.1, -0.05) is 11.6 Å². The molecule has 2 aromatic rings. The van der Waals surface area contributed by atoms with E-state index in [0.717, 1.165) is 28.1 Å². The van der Waals surface area contributed by atoms with Crippen molar-refractivity contribution in [1.82, 2.24) is 4.98 Å². The van der Waals surface area contributed by atoms with E-state index in [2.05, 4.69) is 11.1 Å². The molecule has 1 heterocycles. The minimum Gasteiger partial charge on any atom is -0.496 e. The van der Waals surface area contributed by atoms with Gasteiger partial charge in [0.15, 0.2) is 0 Å². The number of hydrogen-bond acceptors (Lipinski definition) is 2. The van der Waals surface area contributed by atoms with Gasteiger partial charge >= 0.3 is 0 Å². The highest BCUT2D eigenvalue weighted by Gasteiger charge is 2.08. The normalized spacial score (nSPS) is 10.4. The lowest BCUT2D eigenvalue weighted by Crippen LogP contribution is -1.92. The number of benzene rings is 1. The molecule has 2 rings (SSSR count). The third-order valence-corrected chi connectivity index (χ3v) is 2.97. The smallest absolute Gasteiger partial charge is 0.122 e. The molecule has 0 fully saturated rings. The Hall–Kier alpha value is -1.54. The van der Waals surface area contributed by atoms with Crippen LogP contribution in [0.1, 0.15) is 11.1 Å². The number of nitrogens with zero attached hydrogens (tertiary/aromatic N) is 1. The van der Waals surface area contributed by atoms with Crippen LogP contribution in [0.4, 0.5) is 0 Å². The minimum absolute atomic E-state index is 0.697. The molecule has 17 heavy (non-hydrogen) atoms. The largest absolute Gasteiger partial charge is 0.496 e. The number of aromatic nitrogens is 1. The van der Waals surface area contributed by atoms with E-state index in [9.17, 15) is 0 Å². The van der Waals surface area contributed by atoms with E-state index in [1.54, 1.807) is 19.4 Å². The van der Waals surface area contributed by atoms with Crippen LogP contribution in [0.5, 0.6) is 5.75 Å². The Kier molecular flexibility index (Phi) is 3.34. The van der Waals surface area contributed by atoms with Gasteiger partial charge in [0.1, 0.15) is 5.75 Å². The van der Waals surface area contributed by atoms with Crippen molar-refractivity contribution in [2.24, 2.45) is 0 Å². The van der Waals surface area contributed by atoms with Gasteiger partial charge < -0.3 is 4.74 Å². The van der Waals surface area contributed by atoms with Gasteiger partial charge in [0.2, 0.25) is 0 Å². The molecule has 88 valence electrons. The maximum Gasteiger partial charge on any atom is 0.122 e. The highest BCUT2D eigenvalue weighted by Crippen LogP contribution is 2.29. The summed E-state index contributed by atoms with van der Waals surface area (Å²) in [7, 11) is 1.68. The maximum absolute atomic E-state index is 5.98. The van der Waals surface area contributed by atoms with Crippen molar-refractivity contribution in [2.45, 2.75) is 13.8 Å². The number of pyridine rings is 1. The fraction of sp³-hybridized carbons (Fsp3) is 0.214. The van der Waals surface area contributed by atoms with Crippen molar-refractivity contribution in [1.29, 1.82) is 0 Å². The van der Waals surface area contributed by atoms with Gasteiger partial charge in [-0.15, -0.1) is 0 Å². The summed E-state index contributed by atoms with van der Waals surface area (Å²) < 4.78 is 5.29. The van der Waals surface area contributed by atoms with E-state index in [1.807, 2.05) is 26.0 Å². The molecule has 0 radical (unpaired) electrons. The van der Waals surface area contributed by atoms with Gasteiger partial charge in [0.05, 0.1) is 12.8 Å². The number of halogens is 1. The van der Waals surface area contributed by atoms with Crippen molar-refractivity contribution < 1.29 is 4.74 Å². The van der Waals surface area contributed by atoms with Crippen LogP contribution in [-0.4, -0.2) is 12.1 Å². The van der Waals surface area contributed by atoms with Crippen LogP contribution in [-0.2, 0) is 0 Å². The second kappa shape index (κ2) is 4.76. The van der Waals surface area contributed by atoms with Gasteiger partial charge in [-0.3, -0.25) is 4.98 Å². The number of rotatable bonds is 2. The summed E-state index contributed by atoms with van der Waals surface area (Å²) >= 11 is 5.98. The Bertz CT molecular complexity index is 552. The van der Waals surface area contributed by atoms with E-state index >= 15 is 0 Å². The van der Waals surface area contributed by atoms with Crippen molar-refractivity contribution in [2.75, 3.05) is 7.11 Å². The molecule has 1 aromatic carbocycles. The molecular formula is C14H14ClNO. The molecule has 0 aliphatic heterocycles. The topological polar surface area (TPSA) is 22.1 Å². The van der Waals surface area contributed by atoms with Crippen LogP contribution >= 0.6 is 11.6 Å². The quantitative estimate of drug-likeness (QED) is 0.800. The van der Waals surface area contributed by atoms with Gasteiger partial charge in [-0.05, 0) is 49.2 Å². The molecule has 0 saturated carbocycles. The zero-order chi connectivity index (χ0) is 12.4. The van der Waals surface area contributed by atoms with Crippen molar-refractivity contribution >= 4 is 11.6 Å². The fourth-order valence-corrected chi connectivity index (χ4v) is 2.00. The summed E-state index contributed by atoms with van der Waals surface area (Å²) in [5.74, 6) is 0.897. The molecule has 1 aromatic heterocycles. The predicted octanol–water partition coefficient (Wildman–Crippen LogP) is 4.03. The monoisotopic (exact) mass is 247 g/mol. The Labute approximate surface area is 106 Å². The summed E-state index contributed by atoms with van der Waals surface area (Å²) in [6.45, 7) is 4.06. The number of methoxy groups -OCH3 is 1. The first-order chi connectivity index (χ1) is 8.11. The Morgan fingerprint density at radius 1 is 1.12 bits per heavy atom. The third-order valence-electron chi connectivity index (χ3n) is 2.74. The summed E-state index contributed by atoms with van der Waals surface area (Å²) in [5.41, 5.74) is 4.20. The third kappa shape index (κ3) is 2.42. The SMILES string of the molecule is COc1cc(C)c(-c2cc(Cl)ccn2)cc1C. The van der Waals surface area contributed by atoms with Crippen molar-refractivity contribution in [3.8, 4) is 17.0 Å². The van der Waals surface area contributed by atoms with E-state index in [4.69, 9.17) is 16.3 Å². The van der Waals surface area contributed by atoms with E-state index in [1.165, 1.54) is 0 Å². The second-order valence-corrected chi connectivity index (χ2v) is 4.43. The lowest BCUT2D eigenvalue weighted by molar-refractivity contribution is 0.411. The van der Waals surface area contributed by atoms with E-state index in [0.29, 0.717) is 5.02 Å². The zero-order valence-corrected chi connectivity index (χ0v) is 10.9. The molecule has 0 unspecified atom stereocenters. The summed E-state index contributed by atoms with van der Waals surface area (Å²) in [6.07, 6.45) is 1.72. The van der Waals surface area contributed by atoms with Crippen LogP contribution in [0.25, 0.3) is 11.3 Å². The first-order valence-corrected chi connectivity index (χ1v) is 5.77. The number of ether oxygens (including phenoxy) is 1. The molecule has 0 aliphatic rings. The Morgan fingerprint density at radius 3 is 2.53 bits per heavy atom. The molecule has 0 bridgehead atoms. The highest BCUT2D eigenvalue weighted by atomic mass is 35.5. The van der Waals surface area contributed by atoms with Crippen LogP contribution in [0.2, 0.25) is 5.02 Å². The first-order valence-electron chi connectivity index (χ1n) is 5.39. The molecule has 3 heteroatoms. The predicted molar refractivity (Wildman–Crippen MR) is 70.7 cm³/mol. The fourth-order valence-electron chi connectivity index (χ4n) is 1.84. The summed E-state index contributed by atoms with van der Waals surface area (Å²) in [6, 6.07) is 7.74. The van der Waals surface area contributed by atoms with Crippen molar-refractivity contribution in [3.05, 3.63) is 46.6 Å².